The summed E-state index contributed by atoms with van der Waals surface area (Å²) in [7, 11) is 0. The van der Waals surface area contributed by atoms with E-state index < -0.39 is 0 Å². The molecule has 0 saturated carbocycles. The molecule has 0 aliphatic carbocycles. The Morgan fingerprint density at radius 2 is 1.89 bits per heavy atom. The number of nitrogens with zero attached hydrogens (tertiary/aromatic N) is 1. The molecule has 1 aromatic heterocycles. The van der Waals surface area contributed by atoms with Crippen LogP contribution in [0.3, 0.4) is 0 Å². The third-order valence-electron chi connectivity index (χ3n) is 3.35. The van der Waals surface area contributed by atoms with Gasteiger partial charge in [0.15, 0.2) is 0 Å². The van der Waals surface area contributed by atoms with Gasteiger partial charge in [0.1, 0.15) is 11.3 Å². The lowest BCUT2D eigenvalue weighted by atomic mass is 10.1. The molecule has 0 aliphatic heterocycles. The number of benzene rings is 1. The second kappa shape index (κ2) is 6.93. The van der Waals surface area contributed by atoms with E-state index in [1.165, 1.54) is 19.3 Å². The largest absolute Gasteiger partial charge is 0.506 e. The SMILES string of the molecule is C=CCCCCCCc1ccc2cccc(O)c2n1. The van der Waals surface area contributed by atoms with Gasteiger partial charge >= 0.3 is 0 Å². The average molecular weight is 255 g/mol. The Balaban J connectivity index is 1.90. The van der Waals surface area contributed by atoms with Gasteiger partial charge < -0.3 is 5.11 Å². The van der Waals surface area contributed by atoms with Crippen LogP contribution in [0.25, 0.3) is 10.9 Å². The molecule has 1 heterocycles. The summed E-state index contributed by atoms with van der Waals surface area (Å²) in [6.07, 6.45) is 8.95. The fraction of sp³-hybridized carbons (Fsp3) is 0.353. The van der Waals surface area contributed by atoms with Gasteiger partial charge in [0.25, 0.3) is 0 Å². The molecule has 1 N–H and O–H groups in total. The molecule has 2 nitrogen and oxygen atoms in total. The number of aromatic nitrogens is 1. The maximum atomic E-state index is 9.79. The van der Waals surface area contributed by atoms with Gasteiger partial charge in [-0.2, -0.15) is 0 Å². The van der Waals surface area contributed by atoms with Crippen molar-refractivity contribution in [3.63, 3.8) is 0 Å². The molecule has 0 bridgehead atoms. The third-order valence-corrected chi connectivity index (χ3v) is 3.35. The maximum absolute atomic E-state index is 9.79. The average Bonchev–Trinajstić information content (AvgIpc) is 2.43. The van der Waals surface area contributed by atoms with E-state index in [4.69, 9.17) is 0 Å². The number of unbranched alkanes of at least 4 members (excludes halogenated alkanes) is 4. The molecule has 2 aromatic rings. The zero-order valence-electron chi connectivity index (χ0n) is 11.3. The molecule has 0 aliphatic rings. The monoisotopic (exact) mass is 255 g/mol. The molecule has 19 heavy (non-hydrogen) atoms. The van der Waals surface area contributed by atoms with Gasteiger partial charge in [-0.15, -0.1) is 6.58 Å². The second-order valence-corrected chi connectivity index (χ2v) is 4.89. The van der Waals surface area contributed by atoms with Crippen LogP contribution in [-0.2, 0) is 6.42 Å². The van der Waals surface area contributed by atoms with Crippen LogP contribution in [0.1, 0.15) is 37.8 Å². The highest BCUT2D eigenvalue weighted by atomic mass is 16.3. The number of fused-ring (bicyclic) bond motifs is 1. The summed E-state index contributed by atoms with van der Waals surface area (Å²) in [5.41, 5.74) is 1.78. The zero-order valence-corrected chi connectivity index (χ0v) is 11.3. The van der Waals surface area contributed by atoms with Gasteiger partial charge in [-0.25, -0.2) is 4.98 Å². The minimum atomic E-state index is 0.269. The number of hydrogen-bond acceptors (Lipinski definition) is 2. The van der Waals surface area contributed by atoms with Gasteiger partial charge in [-0.3, -0.25) is 0 Å². The molecule has 0 saturated heterocycles. The van der Waals surface area contributed by atoms with Gasteiger partial charge in [0.05, 0.1) is 0 Å². The van der Waals surface area contributed by atoms with E-state index in [2.05, 4.69) is 17.6 Å². The van der Waals surface area contributed by atoms with Crippen LogP contribution in [0.15, 0.2) is 43.0 Å². The van der Waals surface area contributed by atoms with Crippen molar-refractivity contribution in [3.05, 3.63) is 48.7 Å². The highest BCUT2D eigenvalue weighted by molar-refractivity contribution is 5.84. The Labute approximate surface area is 114 Å². The lowest BCUT2D eigenvalue weighted by Gasteiger charge is -2.04. The first kappa shape index (κ1) is 13.6. The number of phenols is 1. The fourth-order valence-corrected chi connectivity index (χ4v) is 2.26. The topological polar surface area (TPSA) is 33.1 Å². The van der Waals surface area contributed by atoms with Crippen LogP contribution in [-0.4, -0.2) is 10.1 Å². The number of aryl methyl sites for hydroxylation is 1. The van der Waals surface area contributed by atoms with Crippen molar-refractivity contribution < 1.29 is 5.11 Å². The van der Waals surface area contributed by atoms with Crippen LogP contribution < -0.4 is 0 Å². The predicted molar refractivity (Wildman–Crippen MR) is 80.4 cm³/mol. The molecule has 0 amide bonds. The Hall–Kier alpha value is -1.83. The maximum Gasteiger partial charge on any atom is 0.141 e. The summed E-state index contributed by atoms with van der Waals surface area (Å²) in [4.78, 5) is 4.54. The Morgan fingerprint density at radius 3 is 2.74 bits per heavy atom. The minimum absolute atomic E-state index is 0.269. The molecule has 2 heteroatoms. The number of hydrogen-bond donors (Lipinski definition) is 1. The quantitative estimate of drug-likeness (QED) is 0.578. The first-order chi connectivity index (χ1) is 9.31. The number of phenolic OH excluding ortho intramolecular Hbond substituents is 1. The molecule has 0 atom stereocenters. The third kappa shape index (κ3) is 3.82. The summed E-state index contributed by atoms with van der Waals surface area (Å²) in [5, 5.41) is 10.8. The number of allylic oxidation sites excluding steroid dienone is 1. The van der Waals surface area contributed by atoms with Crippen molar-refractivity contribution in [1.82, 2.24) is 4.98 Å². The Kier molecular flexibility index (Phi) is 4.96. The van der Waals surface area contributed by atoms with Gasteiger partial charge in [-0.1, -0.05) is 37.1 Å². The van der Waals surface area contributed by atoms with Crippen LogP contribution in [0.4, 0.5) is 0 Å². The summed E-state index contributed by atoms with van der Waals surface area (Å²) in [6, 6.07) is 9.61. The molecule has 1 aromatic carbocycles. The summed E-state index contributed by atoms with van der Waals surface area (Å²) in [6.45, 7) is 3.73. The lowest BCUT2D eigenvalue weighted by Crippen LogP contribution is -1.91. The van der Waals surface area contributed by atoms with Crippen LogP contribution in [0, 0.1) is 0 Å². The van der Waals surface area contributed by atoms with E-state index in [1.54, 1.807) is 6.07 Å². The fourth-order valence-electron chi connectivity index (χ4n) is 2.26. The van der Waals surface area contributed by atoms with Crippen molar-refractivity contribution in [2.24, 2.45) is 0 Å². The summed E-state index contributed by atoms with van der Waals surface area (Å²) >= 11 is 0. The van der Waals surface area contributed by atoms with Crippen LogP contribution >= 0.6 is 0 Å². The van der Waals surface area contributed by atoms with Gasteiger partial charge in [-0.05, 0) is 37.8 Å². The first-order valence-electron chi connectivity index (χ1n) is 7.00. The highest BCUT2D eigenvalue weighted by Gasteiger charge is 2.02. The van der Waals surface area contributed by atoms with E-state index in [-0.39, 0.29) is 5.75 Å². The first-order valence-corrected chi connectivity index (χ1v) is 7.00. The van der Waals surface area contributed by atoms with E-state index in [9.17, 15) is 5.11 Å². The molecule has 100 valence electrons. The molecule has 0 fully saturated rings. The standard InChI is InChI=1S/C17H21NO/c1-2-3-4-5-6-7-10-15-13-12-14-9-8-11-16(19)17(14)18-15/h2,8-9,11-13,19H,1,3-7,10H2. The van der Waals surface area contributed by atoms with Gasteiger partial charge in [0, 0.05) is 11.1 Å². The van der Waals surface area contributed by atoms with Crippen molar-refractivity contribution in [2.75, 3.05) is 0 Å². The Bertz CT molecular complexity index is 548. The number of rotatable bonds is 7. The molecule has 2 rings (SSSR count). The molecule has 0 spiro atoms. The molecular weight excluding hydrogens is 234 g/mol. The predicted octanol–water partition coefficient (Wildman–Crippen LogP) is 4.62. The van der Waals surface area contributed by atoms with E-state index in [1.807, 2.05) is 24.3 Å². The normalized spacial score (nSPS) is 10.7. The smallest absolute Gasteiger partial charge is 0.141 e. The van der Waals surface area contributed by atoms with Gasteiger partial charge in [0.2, 0.25) is 0 Å². The minimum Gasteiger partial charge on any atom is -0.506 e. The second-order valence-electron chi connectivity index (χ2n) is 4.89. The van der Waals surface area contributed by atoms with E-state index in [0.29, 0.717) is 5.52 Å². The number of pyridine rings is 1. The lowest BCUT2D eigenvalue weighted by molar-refractivity contribution is 0.480. The van der Waals surface area contributed by atoms with Crippen LogP contribution in [0.2, 0.25) is 0 Å². The summed E-state index contributed by atoms with van der Waals surface area (Å²) in [5.74, 6) is 0.269. The highest BCUT2D eigenvalue weighted by Crippen LogP contribution is 2.22. The van der Waals surface area contributed by atoms with Crippen molar-refractivity contribution in [3.8, 4) is 5.75 Å². The molecule has 0 radical (unpaired) electrons. The number of para-hydroxylation sites is 1. The van der Waals surface area contributed by atoms with Crippen molar-refractivity contribution >= 4 is 10.9 Å². The summed E-state index contributed by atoms with van der Waals surface area (Å²) < 4.78 is 0. The zero-order chi connectivity index (χ0) is 13.5. The van der Waals surface area contributed by atoms with E-state index >= 15 is 0 Å². The van der Waals surface area contributed by atoms with E-state index in [0.717, 1.165) is 30.3 Å². The van der Waals surface area contributed by atoms with Crippen molar-refractivity contribution in [1.29, 1.82) is 0 Å². The Morgan fingerprint density at radius 1 is 1.05 bits per heavy atom. The molecular formula is C17H21NO. The number of aromatic hydroxyl groups is 1. The van der Waals surface area contributed by atoms with Crippen molar-refractivity contribution in [2.45, 2.75) is 38.5 Å². The van der Waals surface area contributed by atoms with Crippen LogP contribution in [0.5, 0.6) is 5.75 Å². The molecule has 0 unspecified atom stereocenters.